The van der Waals surface area contributed by atoms with Crippen molar-refractivity contribution in [3.05, 3.63) is 58.2 Å². The van der Waals surface area contributed by atoms with Gasteiger partial charge in [0, 0.05) is 39.1 Å². The molecule has 0 spiro atoms. The van der Waals surface area contributed by atoms with E-state index in [0.29, 0.717) is 18.3 Å². The minimum atomic E-state index is -0.376. The van der Waals surface area contributed by atoms with Gasteiger partial charge in [-0.15, -0.1) is 0 Å². The lowest BCUT2D eigenvalue weighted by atomic mass is 9.46. The molecule has 1 amide bonds. The van der Waals surface area contributed by atoms with Crippen LogP contribution in [0.4, 0.5) is 10.1 Å². The van der Waals surface area contributed by atoms with Crippen molar-refractivity contribution >= 4 is 11.6 Å². The van der Waals surface area contributed by atoms with Crippen molar-refractivity contribution < 1.29 is 14.1 Å². The second kappa shape index (κ2) is 8.40. The molecule has 5 aliphatic rings. The Hall–Kier alpha value is -2.81. The third-order valence-electron chi connectivity index (χ3n) is 8.99. The van der Waals surface area contributed by atoms with Crippen LogP contribution in [0.5, 0.6) is 0 Å². The average Bonchev–Trinajstić information content (AvgIpc) is 3.32. The van der Waals surface area contributed by atoms with Crippen LogP contribution in [0.25, 0.3) is 0 Å². The number of halogens is 1. The predicted octanol–water partition coefficient (Wildman–Crippen LogP) is 3.96. The van der Waals surface area contributed by atoms with Crippen LogP contribution in [0.2, 0.25) is 0 Å². The number of nitro groups is 1. The summed E-state index contributed by atoms with van der Waals surface area (Å²) in [4.78, 5) is 28.7. The molecule has 186 valence electrons. The molecule has 9 heteroatoms. The third kappa shape index (κ3) is 4.24. The summed E-state index contributed by atoms with van der Waals surface area (Å²) in [5.74, 6) is 1.16. The van der Waals surface area contributed by atoms with E-state index < -0.39 is 0 Å². The first-order valence-electron chi connectivity index (χ1n) is 12.8. The van der Waals surface area contributed by atoms with Crippen LogP contribution < -0.4 is 0 Å². The summed E-state index contributed by atoms with van der Waals surface area (Å²) in [6.07, 6.45) is 9.84. The van der Waals surface area contributed by atoms with Gasteiger partial charge in [0.05, 0.1) is 10.5 Å². The molecule has 35 heavy (non-hydrogen) atoms. The fraction of sp³-hybridized carbons (Fsp3) is 0.615. The molecular weight excluding hydrogens is 449 g/mol. The normalized spacial score (nSPS) is 32.2. The number of carbonyl (C=O) groups is 1. The fourth-order valence-electron chi connectivity index (χ4n) is 7.98. The summed E-state index contributed by atoms with van der Waals surface area (Å²) in [5.41, 5.74) is 0.924. The number of hydrogen-bond acceptors (Lipinski definition) is 5. The Kier molecular flexibility index (Phi) is 5.43. The molecule has 1 saturated heterocycles. The van der Waals surface area contributed by atoms with Gasteiger partial charge in [-0.1, -0.05) is 12.1 Å². The number of carbonyl (C=O) groups excluding carboxylic acids is 1. The molecule has 7 rings (SSSR count). The zero-order chi connectivity index (χ0) is 24.2. The van der Waals surface area contributed by atoms with E-state index in [1.807, 2.05) is 21.7 Å². The van der Waals surface area contributed by atoms with E-state index in [0.717, 1.165) is 70.4 Å². The fourth-order valence-corrected chi connectivity index (χ4v) is 7.98. The van der Waals surface area contributed by atoms with Crippen molar-refractivity contribution in [2.24, 2.45) is 17.3 Å². The van der Waals surface area contributed by atoms with Crippen LogP contribution in [-0.2, 0) is 16.9 Å². The standard InChI is InChI=1S/C26H32FN5O3/c27-22-3-1-19(2-4-22)16-29-5-7-30(8-6-29)24(33)14-25-10-20-9-21(11-25)13-26(12-20,18-25)31-17-23(15-28-31)32(34)35/h1-4,15,17,20-21H,5-14,16,18H2. The quantitative estimate of drug-likeness (QED) is 0.461. The van der Waals surface area contributed by atoms with Crippen LogP contribution in [0.15, 0.2) is 36.7 Å². The Bertz CT molecular complexity index is 1110. The Morgan fingerprint density at radius 2 is 1.77 bits per heavy atom. The number of rotatable bonds is 6. The maximum atomic E-state index is 13.5. The molecule has 2 unspecified atom stereocenters. The zero-order valence-electron chi connectivity index (χ0n) is 19.9. The van der Waals surface area contributed by atoms with Gasteiger partial charge < -0.3 is 4.90 Å². The number of benzene rings is 1. The average molecular weight is 482 g/mol. The highest BCUT2D eigenvalue weighted by atomic mass is 19.1. The molecule has 2 atom stereocenters. The number of piperazine rings is 1. The maximum absolute atomic E-state index is 13.5. The lowest BCUT2D eigenvalue weighted by Gasteiger charge is -2.62. The van der Waals surface area contributed by atoms with Crippen LogP contribution in [0, 0.1) is 33.2 Å². The van der Waals surface area contributed by atoms with Gasteiger partial charge in [-0.05, 0) is 73.5 Å². The largest absolute Gasteiger partial charge is 0.340 e. The van der Waals surface area contributed by atoms with E-state index in [9.17, 15) is 19.3 Å². The van der Waals surface area contributed by atoms with Crippen molar-refractivity contribution in [3.63, 3.8) is 0 Å². The van der Waals surface area contributed by atoms with E-state index in [2.05, 4.69) is 10.00 Å². The van der Waals surface area contributed by atoms with Crippen molar-refractivity contribution in [3.8, 4) is 0 Å². The van der Waals surface area contributed by atoms with Gasteiger partial charge in [-0.25, -0.2) is 4.39 Å². The van der Waals surface area contributed by atoms with Crippen molar-refractivity contribution in [2.45, 2.75) is 57.0 Å². The van der Waals surface area contributed by atoms with E-state index in [-0.39, 0.29) is 33.3 Å². The highest BCUT2D eigenvalue weighted by molar-refractivity contribution is 5.77. The van der Waals surface area contributed by atoms with Gasteiger partial charge >= 0.3 is 5.69 Å². The zero-order valence-corrected chi connectivity index (χ0v) is 19.9. The topological polar surface area (TPSA) is 84.5 Å². The molecule has 4 saturated carbocycles. The number of amides is 1. The first-order valence-corrected chi connectivity index (χ1v) is 12.8. The summed E-state index contributed by atoms with van der Waals surface area (Å²) in [6, 6.07) is 6.64. The van der Waals surface area contributed by atoms with E-state index in [4.69, 9.17) is 0 Å². The van der Waals surface area contributed by atoms with E-state index in [1.54, 1.807) is 6.20 Å². The Labute approximate surface area is 204 Å². The molecular formula is C26H32FN5O3. The van der Waals surface area contributed by atoms with Crippen LogP contribution in [-0.4, -0.2) is 56.6 Å². The summed E-state index contributed by atoms with van der Waals surface area (Å²) in [6.45, 7) is 3.86. The Morgan fingerprint density at radius 1 is 1.09 bits per heavy atom. The predicted molar refractivity (Wildman–Crippen MR) is 127 cm³/mol. The van der Waals surface area contributed by atoms with E-state index in [1.165, 1.54) is 24.8 Å². The minimum Gasteiger partial charge on any atom is -0.340 e. The molecule has 1 aromatic heterocycles. The number of aromatic nitrogens is 2. The van der Waals surface area contributed by atoms with Crippen LogP contribution in [0.3, 0.4) is 0 Å². The summed E-state index contributed by atoms with van der Waals surface area (Å²) < 4.78 is 15.0. The molecule has 1 aromatic carbocycles. The van der Waals surface area contributed by atoms with Crippen molar-refractivity contribution in [1.29, 1.82) is 0 Å². The van der Waals surface area contributed by atoms with Gasteiger partial charge in [0.25, 0.3) is 0 Å². The molecule has 8 nitrogen and oxygen atoms in total. The minimum absolute atomic E-state index is 0.0207. The second-order valence-electron chi connectivity index (χ2n) is 11.5. The summed E-state index contributed by atoms with van der Waals surface area (Å²) >= 11 is 0. The smallest absolute Gasteiger partial charge is 0.307 e. The van der Waals surface area contributed by atoms with Gasteiger partial charge in [-0.2, -0.15) is 5.10 Å². The van der Waals surface area contributed by atoms with Gasteiger partial charge in [-0.3, -0.25) is 24.5 Å². The maximum Gasteiger partial charge on any atom is 0.307 e. The molecule has 2 heterocycles. The Balaban J connectivity index is 1.11. The van der Waals surface area contributed by atoms with Crippen molar-refractivity contribution in [1.82, 2.24) is 19.6 Å². The lowest BCUT2D eigenvalue weighted by Crippen LogP contribution is -2.58. The van der Waals surface area contributed by atoms with Crippen LogP contribution in [0.1, 0.15) is 50.5 Å². The van der Waals surface area contributed by atoms with Gasteiger partial charge in [0.2, 0.25) is 5.91 Å². The molecule has 4 aliphatic carbocycles. The lowest BCUT2D eigenvalue weighted by molar-refractivity contribution is -0.385. The number of nitrogens with zero attached hydrogens (tertiary/aromatic N) is 5. The molecule has 5 fully saturated rings. The molecule has 2 aromatic rings. The van der Waals surface area contributed by atoms with Crippen LogP contribution >= 0.6 is 0 Å². The van der Waals surface area contributed by atoms with E-state index >= 15 is 0 Å². The SMILES string of the molecule is O=C(CC12CC3CC(C1)CC(n1cc([N+](=O)[O-])cn1)(C3)C2)N1CCN(Cc2ccc(F)cc2)CC1. The monoisotopic (exact) mass is 481 g/mol. The highest BCUT2D eigenvalue weighted by Crippen LogP contribution is 2.65. The number of hydrogen-bond donors (Lipinski definition) is 0. The van der Waals surface area contributed by atoms with Gasteiger partial charge in [0.1, 0.15) is 18.2 Å². The van der Waals surface area contributed by atoms with Crippen molar-refractivity contribution in [2.75, 3.05) is 26.2 Å². The van der Waals surface area contributed by atoms with Gasteiger partial charge in [0.15, 0.2) is 0 Å². The highest BCUT2D eigenvalue weighted by Gasteiger charge is 2.59. The Morgan fingerprint density at radius 3 is 2.40 bits per heavy atom. The first-order chi connectivity index (χ1) is 16.8. The summed E-state index contributed by atoms with van der Waals surface area (Å²) in [5, 5.41) is 15.7. The molecule has 0 N–H and O–H groups in total. The molecule has 1 aliphatic heterocycles. The summed E-state index contributed by atoms with van der Waals surface area (Å²) in [7, 11) is 0. The second-order valence-corrected chi connectivity index (χ2v) is 11.5. The molecule has 0 radical (unpaired) electrons. The molecule has 4 bridgehead atoms. The third-order valence-corrected chi connectivity index (χ3v) is 8.99. The first kappa shape index (κ1) is 22.6.